The Morgan fingerprint density at radius 3 is 2.89 bits per heavy atom. The first kappa shape index (κ1) is 11.5. The lowest BCUT2D eigenvalue weighted by atomic mass is 10.0. The van der Waals surface area contributed by atoms with Gasteiger partial charge in [0.05, 0.1) is 26.9 Å². The Balaban J connectivity index is 2.00. The Hall–Kier alpha value is -1.58. The second-order valence-corrected chi connectivity index (χ2v) is 4.38. The first-order valence-corrected chi connectivity index (χ1v) is 6.14. The van der Waals surface area contributed by atoms with Gasteiger partial charge >= 0.3 is 0 Å². The third-order valence-electron chi connectivity index (χ3n) is 3.27. The lowest BCUT2D eigenvalue weighted by Gasteiger charge is -2.23. The average molecular weight is 244 g/mol. The predicted octanol–water partition coefficient (Wildman–Crippen LogP) is 2.94. The van der Waals surface area contributed by atoms with E-state index >= 15 is 0 Å². The summed E-state index contributed by atoms with van der Waals surface area (Å²) in [6.45, 7) is 1.99. The molecule has 3 nitrogen and oxygen atoms in total. The Morgan fingerprint density at radius 1 is 1.17 bits per heavy atom. The number of hydrogen-bond donors (Lipinski definition) is 0. The number of rotatable bonds is 2. The van der Waals surface area contributed by atoms with Crippen molar-refractivity contribution in [2.45, 2.75) is 6.10 Å². The molecule has 0 amide bonds. The number of hydrogen-bond acceptors (Lipinski definition) is 3. The zero-order valence-electron chi connectivity index (χ0n) is 10.4. The zero-order valence-corrected chi connectivity index (χ0v) is 10.4. The van der Waals surface area contributed by atoms with Crippen LogP contribution in [-0.2, 0) is 9.47 Å². The van der Waals surface area contributed by atoms with Crippen molar-refractivity contribution < 1.29 is 14.2 Å². The molecule has 94 valence electrons. The fourth-order valence-corrected chi connectivity index (χ4v) is 2.33. The summed E-state index contributed by atoms with van der Waals surface area (Å²) >= 11 is 0. The van der Waals surface area contributed by atoms with Gasteiger partial charge in [-0.3, -0.25) is 0 Å². The molecule has 0 radical (unpaired) electrons. The summed E-state index contributed by atoms with van der Waals surface area (Å²) in [6.07, 6.45) is 0.0503. The normalized spacial score (nSPS) is 19.9. The van der Waals surface area contributed by atoms with Gasteiger partial charge in [-0.15, -0.1) is 0 Å². The summed E-state index contributed by atoms with van der Waals surface area (Å²) < 4.78 is 16.5. The molecule has 1 aliphatic heterocycles. The fraction of sp³-hybridized carbons (Fsp3) is 0.333. The lowest BCUT2D eigenvalue weighted by Crippen LogP contribution is -2.21. The van der Waals surface area contributed by atoms with Gasteiger partial charge in [0, 0.05) is 5.39 Å². The van der Waals surface area contributed by atoms with Crippen LogP contribution in [0.4, 0.5) is 0 Å². The highest BCUT2D eigenvalue weighted by atomic mass is 16.6. The molecule has 1 atom stereocenters. The number of benzene rings is 2. The Bertz CT molecular complexity index is 544. The molecule has 1 unspecified atom stereocenters. The maximum absolute atomic E-state index is 5.71. The van der Waals surface area contributed by atoms with Gasteiger partial charge in [0.1, 0.15) is 11.9 Å². The average Bonchev–Trinajstić information content (AvgIpc) is 2.47. The number of ether oxygens (including phenoxy) is 3. The van der Waals surface area contributed by atoms with E-state index < -0.39 is 0 Å². The highest BCUT2D eigenvalue weighted by molar-refractivity contribution is 5.88. The van der Waals surface area contributed by atoms with Crippen molar-refractivity contribution in [3.05, 3.63) is 42.0 Å². The topological polar surface area (TPSA) is 27.7 Å². The van der Waals surface area contributed by atoms with Crippen LogP contribution in [0, 0.1) is 0 Å². The van der Waals surface area contributed by atoms with Crippen LogP contribution in [0.5, 0.6) is 5.75 Å². The quantitative estimate of drug-likeness (QED) is 0.813. The van der Waals surface area contributed by atoms with Crippen LogP contribution in [0.1, 0.15) is 11.7 Å². The van der Waals surface area contributed by atoms with E-state index in [2.05, 4.69) is 24.3 Å². The third kappa shape index (κ3) is 2.07. The summed E-state index contributed by atoms with van der Waals surface area (Å²) in [5.74, 6) is 0.903. The second kappa shape index (κ2) is 4.96. The summed E-state index contributed by atoms with van der Waals surface area (Å²) in [6, 6.07) is 12.4. The molecule has 0 saturated carbocycles. The monoisotopic (exact) mass is 244 g/mol. The molecular weight excluding hydrogens is 228 g/mol. The van der Waals surface area contributed by atoms with E-state index in [4.69, 9.17) is 14.2 Å². The van der Waals surface area contributed by atoms with Crippen LogP contribution >= 0.6 is 0 Å². The Morgan fingerprint density at radius 2 is 2.11 bits per heavy atom. The van der Waals surface area contributed by atoms with Gasteiger partial charge < -0.3 is 14.2 Å². The van der Waals surface area contributed by atoms with Crippen LogP contribution in [0.15, 0.2) is 36.4 Å². The molecular formula is C15H16O3. The van der Waals surface area contributed by atoms with E-state index in [9.17, 15) is 0 Å². The van der Waals surface area contributed by atoms with Gasteiger partial charge in [-0.05, 0) is 23.1 Å². The van der Waals surface area contributed by atoms with Crippen LogP contribution in [0.3, 0.4) is 0 Å². The summed E-state index contributed by atoms with van der Waals surface area (Å²) in [7, 11) is 1.70. The molecule has 18 heavy (non-hydrogen) atoms. The van der Waals surface area contributed by atoms with Gasteiger partial charge in [0.15, 0.2) is 0 Å². The van der Waals surface area contributed by atoms with Crippen LogP contribution in [0.25, 0.3) is 10.8 Å². The zero-order chi connectivity index (χ0) is 12.4. The Kier molecular flexibility index (Phi) is 3.17. The molecule has 1 fully saturated rings. The van der Waals surface area contributed by atoms with Crippen molar-refractivity contribution in [1.29, 1.82) is 0 Å². The van der Waals surface area contributed by atoms with Crippen LogP contribution in [-0.4, -0.2) is 26.9 Å². The van der Waals surface area contributed by atoms with Gasteiger partial charge in [0.2, 0.25) is 0 Å². The highest BCUT2D eigenvalue weighted by Gasteiger charge is 2.17. The minimum atomic E-state index is 0.0503. The van der Waals surface area contributed by atoms with Crippen molar-refractivity contribution in [1.82, 2.24) is 0 Å². The van der Waals surface area contributed by atoms with E-state index in [-0.39, 0.29) is 6.10 Å². The summed E-state index contributed by atoms with van der Waals surface area (Å²) in [4.78, 5) is 0. The molecule has 0 spiro atoms. The molecule has 2 aromatic rings. The van der Waals surface area contributed by atoms with E-state index in [0.717, 1.165) is 16.7 Å². The first-order chi connectivity index (χ1) is 8.88. The molecule has 2 aromatic carbocycles. The van der Waals surface area contributed by atoms with Crippen molar-refractivity contribution in [3.63, 3.8) is 0 Å². The molecule has 1 aliphatic rings. The van der Waals surface area contributed by atoms with Crippen LogP contribution in [0.2, 0.25) is 0 Å². The van der Waals surface area contributed by atoms with Gasteiger partial charge in [0.25, 0.3) is 0 Å². The highest BCUT2D eigenvalue weighted by Crippen LogP contribution is 2.29. The molecule has 0 aromatic heterocycles. The predicted molar refractivity (Wildman–Crippen MR) is 70.0 cm³/mol. The molecule has 3 heteroatoms. The van der Waals surface area contributed by atoms with E-state index in [1.165, 1.54) is 5.39 Å². The minimum Gasteiger partial charge on any atom is -0.496 e. The van der Waals surface area contributed by atoms with Gasteiger partial charge in [-0.1, -0.05) is 24.3 Å². The van der Waals surface area contributed by atoms with Crippen molar-refractivity contribution in [2.75, 3.05) is 26.9 Å². The van der Waals surface area contributed by atoms with Crippen molar-refractivity contribution in [2.24, 2.45) is 0 Å². The Labute approximate surface area is 106 Å². The molecule has 3 rings (SSSR count). The van der Waals surface area contributed by atoms with E-state index in [0.29, 0.717) is 19.8 Å². The van der Waals surface area contributed by atoms with Crippen molar-refractivity contribution in [3.8, 4) is 5.75 Å². The number of methoxy groups -OCH3 is 1. The van der Waals surface area contributed by atoms with E-state index in [1.54, 1.807) is 7.11 Å². The van der Waals surface area contributed by atoms with Gasteiger partial charge in [-0.2, -0.15) is 0 Å². The van der Waals surface area contributed by atoms with E-state index in [1.807, 2.05) is 12.1 Å². The maximum atomic E-state index is 5.71. The lowest BCUT2D eigenvalue weighted by molar-refractivity contribution is -0.0901. The SMILES string of the molecule is COc1cccc2cc(C3COCCO3)ccc12. The second-order valence-electron chi connectivity index (χ2n) is 4.38. The largest absolute Gasteiger partial charge is 0.496 e. The van der Waals surface area contributed by atoms with Crippen LogP contribution < -0.4 is 4.74 Å². The summed E-state index contributed by atoms with van der Waals surface area (Å²) in [5, 5.41) is 2.29. The van der Waals surface area contributed by atoms with Gasteiger partial charge in [-0.25, -0.2) is 0 Å². The molecule has 0 aliphatic carbocycles. The third-order valence-corrected chi connectivity index (χ3v) is 3.27. The first-order valence-electron chi connectivity index (χ1n) is 6.14. The molecule has 0 bridgehead atoms. The minimum absolute atomic E-state index is 0.0503. The standard InChI is InChI=1S/C15H16O3/c1-16-14-4-2-3-11-9-12(5-6-13(11)14)15-10-17-7-8-18-15/h2-6,9,15H,7-8,10H2,1H3. The van der Waals surface area contributed by atoms with Crippen molar-refractivity contribution >= 4 is 10.8 Å². The maximum Gasteiger partial charge on any atom is 0.126 e. The smallest absolute Gasteiger partial charge is 0.126 e. The molecule has 1 saturated heterocycles. The fourth-order valence-electron chi connectivity index (χ4n) is 2.33. The summed E-state index contributed by atoms with van der Waals surface area (Å²) in [5.41, 5.74) is 1.16. The molecule has 1 heterocycles. The number of fused-ring (bicyclic) bond motifs is 1. The molecule has 0 N–H and O–H groups in total.